The molecule has 0 aromatic carbocycles. The third-order valence-electron chi connectivity index (χ3n) is 1.69. The summed E-state index contributed by atoms with van der Waals surface area (Å²) in [6, 6.07) is 0. The van der Waals surface area contributed by atoms with Crippen molar-refractivity contribution >= 4 is 5.97 Å². The summed E-state index contributed by atoms with van der Waals surface area (Å²) in [6.07, 6.45) is 3.55. The molecular weight excluding hydrogens is 176 g/mol. The Kier molecular flexibility index (Phi) is 13.7. The van der Waals surface area contributed by atoms with E-state index in [9.17, 15) is 4.79 Å². The molecule has 0 N–H and O–H groups in total. The first-order chi connectivity index (χ1) is 6.66. The topological polar surface area (TPSA) is 26.3 Å². The van der Waals surface area contributed by atoms with Crippen molar-refractivity contribution in [2.75, 3.05) is 6.61 Å². The van der Waals surface area contributed by atoms with E-state index in [0.29, 0.717) is 18.9 Å². The number of ether oxygens (including phenoxy) is 1. The zero-order valence-electron chi connectivity index (χ0n) is 9.84. The van der Waals surface area contributed by atoms with Crippen molar-refractivity contribution in [2.45, 2.75) is 46.5 Å². The highest BCUT2D eigenvalue weighted by Crippen LogP contribution is 2.01. The van der Waals surface area contributed by atoms with Crippen LogP contribution in [0, 0.1) is 5.92 Å². The second-order valence-corrected chi connectivity index (χ2v) is 3.51. The molecule has 84 valence electrons. The van der Waals surface area contributed by atoms with Crippen LogP contribution in [-0.4, -0.2) is 12.6 Å². The maximum absolute atomic E-state index is 11.0. The molecule has 0 aliphatic carbocycles. The highest BCUT2D eigenvalue weighted by molar-refractivity contribution is 5.69. The molecule has 0 heterocycles. The third-order valence-corrected chi connectivity index (χ3v) is 1.69. The molecule has 0 radical (unpaired) electrons. The van der Waals surface area contributed by atoms with Gasteiger partial charge >= 0.3 is 5.97 Å². The van der Waals surface area contributed by atoms with E-state index in [0.717, 1.165) is 19.3 Å². The van der Waals surface area contributed by atoms with Gasteiger partial charge in [0, 0.05) is 6.42 Å². The van der Waals surface area contributed by atoms with Gasteiger partial charge in [0.05, 0.1) is 6.61 Å². The fourth-order valence-electron chi connectivity index (χ4n) is 0.802. The highest BCUT2D eigenvalue weighted by Gasteiger charge is 2.01. The van der Waals surface area contributed by atoms with E-state index < -0.39 is 0 Å². The Hall–Kier alpha value is -0.790. The number of unbranched alkanes of at least 4 members (excludes halogenated alkanes) is 1. The largest absolute Gasteiger partial charge is 0.466 e. The summed E-state index contributed by atoms with van der Waals surface area (Å²) < 4.78 is 5.02. The van der Waals surface area contributed by atoms with Crippen LogP contribution in [0.5, 0.6) is 0 Å². The average Bonchev–Trinajstić information content (AvgIpc) is 2.17. The van der Waals surface area contributed by atoms with Crippen molar-refractivity contribution < 1.29 is 9.53 Å². The molecule has 0 aromatic rings. The first kappa shape index (κ1) is 15.7. The molecule has 0 unspecified atom stereocenters. The van der Waals surface area contributed by atoms with E-state index >= 15 is 0 Å². The predicted molar refractivity (Wildman–Crippen MR) is 61.2 cm³/mol. The molecule has 0 aliphatic rings. The van der Waals surface area contributed by atoms with Gasteiger partial charge in [0.15, 0.2) is 0 Å². The molecule has 0 rings (SSSR count). The van der Waals surface area contributed by atoms with Crippen molar-refractivity contribution in [3.63, 3.8) is 0 Å². The molecule has 0 saturated heterocycles. The van der Waals surface area contributed by atoms with Gasteiger partial charge in [-0.3, -0.25) is 4.79 Å². The summed E-state index contributed by atoms with van der Waals surface area (Å²) in [6.45, 7) is 12.9. The Morgan fingerprint density at radius 3 is 2.36 bits per heavy atom. The molecule has 14 heavy (non-hydrogen) atoms. The minimum Gasteiger partial charge on any atom is -0.466 e. The lowest BCUT2D eigenvalue weighted by Gasteiger charge is -2.05. The molecule has 2 nitrogen and oxygen atoms in total. The summed E-state index contributed by atoms with van der Waals surface area (Å²) >= 11 is 0. The lowest BCUT2D eigenvalue weighted by molar-refractivity contribution is -0.144. The molecule has 0 saturated carbocycles. The summed E-state index contributed by atoms with van der Waals surface area (Å²) in [7, 11) is 0. The van der Waals surface area contributed by atoms with Crippen molar-refractivity contribution in [1.82, 2.24) is 0 Å². The van der Waals surface area contributed by atoms with Gasteiger partial charge in [-0.1, -0.05) is 27.2 Å². The van der Waals surface area contributed by atoms with Gasteiger partial charge in [0.2, 0.25) is 0 Å². The second kappa shape index (κ2) is 12.2. The minimum atomic E-state index is -0.0440. The summed E-state index contributed by atoms with van der Waals surface area (Å²) in [5.41, 5.74) is 0. The SMILES string of the molecule is C=C.CCCCC(=O)OCCC(C)C. The maximum Gasteiger partial charge on any atom is 0.305 e. The third kappa shape index (κ3) is 13.8. The van der Waals surface area contributed by atoms with Crippen molar-refractivity contribution in [2.24, 2.45) is 5.92 Å². The zero-order chi connectivity index (χ0) is 11.4. The van der Waals surface area contributed by atoms with Gasteiger partial charge in [0.1, 0.15) is 0 Å². The Labute approximate surface area is 88.3 Å². The fraction of sp³-hybridized carbons (Fsp3) is 0.750. The van der Waals surface area contributed by atoms with E-state index in [-0.39, 0.29) is 5.97 Å². The van der Waals surface area contributed by atoms with E-state index in [1.807, 2.05) is 0 Å². The van der Waals surface area contributed by atoms with E-state index in [4.69, 9.17) is 4.74 Å². The van der Waals surface area contributed by atoms with Crippen LogP contribution in [0.25, 0.3) is 0 Å². The summed E-state index contributed by atoms with van der Waals surface area (Å²) in [5, 5.41) is 0. The standard InChI is InChI=1S/C10H20O2.C2H4/c1-4-5-6-10(11)12-8-7-9(2)3;1-2/h9H,4-8H2,1-3H3;1-2H2. The average molecular weight is 200 g/mol. The number of esters is 1. The van der Waals surface area contributed by atoms with Gasteiger partial charge in [-0.25, -0.2) is 0 Å². The zero-order valence-corrected chi connectivity index (χ0v) is 9.84. The van der Waals surface area contributed by atoms with Crippen LogP contribution < -0.4 is 0 Å². The number of hydrogen-bond acceptors (Lipinski definition) is 2. The van der Waals surface area contributed by atoms with Crippen LogP contribution in [0.4, 0.5) is 0 Å². The van der Waals surface area contributed by atoms with Crippen LogP contribution in [-0.2, 0) is 9.53 Å². The fourth-order valence-corrected chi connectivity index (χ4v) is 0.802. The summed E-state index contributed by atoms with van der Waals surface area (Å²) in [5.74, 6) is 0.571. The van der Waals surface area contributed by atoms with Crippen LogP contribution >= 0.6 is 0 Å². The van der Waals surface area contributed by atoms with Gasteiger partial charge in [-0.05, 0) is 18.8 Å². The molecule has 0 fully saturated rings. The van der Waals surface area contributed by atoms with Gasteiger partial charge < -0.3 is 4.74 Å². The monoisotopic (exact) mass is 200 g/mol. The Morgan fingerprint density at radius 1 is 1.36 bits per heavy atom. The van der Waals surface area contributed by atoms with Crippen LogP contribution in [0.3, 0.4) is 0 Å². The van der Waals surface area contributed by atoms with Crippen LogP contribution in [0.2, 0.25) is 0 Å². The number of rotatable bonds is 6. The summed E-state index contributed by atoms with van der Waals surface area (Å²) in [4.78, 5) is 11.0. The van der Waals surface area contributed by atoms with E-state index in [1.54, 1.807) is 0 Å². The molecule has 0 aromatic heterocycles. The number of carbonyl (C=O) groups excluding carboxylic acids is 1. The first-order valence-electron chi connectivity index (χ1n) is 5.32. The Balaban J connectivity index is 0. The first-order valence-corrected chi connectivity index (χ1v) is 5.32. The van der Waals surface area contributed by atoms with Crippen LogP contribution in [0.15, 0.2) is 13.2 Å². The molecular formula is C12H24O2. The highest BCUT2D eigenvalue weighted by atomic mass is 16.5. The van der Waals surface area contributed by atoms with Crippen molar-refractivity contribution in [1.29, 1.82) is 0 Å². The maximum atomic E-state index is 11.0. The van der Waals surface area contributed by atoms with E-state index in [1.165, 1.54) is 0 Å². The van der Waals surface area contributed by atoms with Gasteiger partial charge in [-0.2, -0.15) is 0 Å². The normalized spacial score (nSPS) is 9.14. The minimum absolute atomic E-state index is 0.0440. The quantitative estimate of drug-likeness (QED) is 0.484. The van der Waals surface area contributed by atoms with E-state index in [2.05, 4.69) is 33.9 Å². The Morgan fingerprint density at radius 2 is 1.93 bits per heavy atom. The van der Waals surface area contributed by atoms with Crippen molar-refractivity contribution in [3.8, 4) is 0 Å². The number of carbonyl (C=O) groups is 1. The number of hydrogen-bond donors (Lipinski definition) is 0. The predicted octanol–water partition coefficient (Wildman–Crippen LogP) is 3.57. The molecule has 2 heteroatoms. The molecule has 0 bridgehead atoms. The Bertz CT molecular complexity index is 130. The van der Waals surface area contributed by atoms with Gasteiger partial charge in [-0.15, -0.1) is 13.2 Å². The van der Waals surface area contributed by atoms with Crippen LogP contribution in [0.1, 0.15) is 46.5 Å². The van der Waals surface area contributed by atoms with Crippen molar-refractivity contribution in [3.05, 3.63) is 13.2 Å². The molecule has 0 amide bonds. The molecule has 0 atom stereocenters. The lowest BCUT2D eigenvalue weighted by atomic mass is 10.1. The lowest BCUT2D eigenvalue weighted by Crippen LogP contribution is -2.07. The second-order valence-electron chi connectivity index (χ2n) is 3.51. The molecule has 0 aliphatic heterocycles. The van der Waals surface area contributed by atoms with Gasteiger partial charge in [0.25, 0.3) is 0 Å². The smallest absolute Gasteiger partial charge is 0.305 e. The molecule has 0 spiro atoms.